The number of halogens is 1. The van der Waals surface area contributed by atoms with Crippen LogP contribution in [-0.4, -0.2) is 22.5 Å². The average Bonchev–Trinajstić information content (AvgIpc) is 3.00. The van der Waals surface area contributed by atoms with Gasteiger partial charge in [0.1, 0.15) is 5.69 Å². The van der Waals surface area contributed by atoms with Crippen LogP contribution < -0.4 is 5.32 Å². The Morgan fingerprint density at radius 3 is 2.56 bits per heavy atom. The Kier molecular flexibility index (Phi) is 6.24. The van der Waals surface area contributed by atoms with E-state index in [4.69, 9.17) is 0 Å². The first-order valence-electron chi connectivity index (χ1n) is 7.79. The van der Waals surface area contributed by atoms with E-state index in [-0.39, 0.29) is 35.5 Å². The van der Waals surface area contributed by atoms with Gasteiger partial charge in [-0.1, -0.05) is 41.9 Å². The highest BCUT2D eigenvalue weighted by atomic mass is 79.9. The number of thiazole rings is 1. The first kappa shape index (κ1) is 19.5. The zero-order valence-electron chi connectivity index (χ0n) is 14.5. The summed E-state index contributed by atoms with van der Waals surface area (Å²) in [6, 6.07) is 3.58. The van der Waals surface area contributed by atoms with Gasteiger partial charge in [0.25, 0.3) is 0 Å². The van der Waals surface area contributed by atoms with E-state index in [0.717, 1.165) is 10.0 Å². The number of rotatable bonds is 6. The summed E-state index contributed by atoms with van der Waals surface area (Å²) in [4.78, 5) is 40.3. The van der Waals surface area contributed by atoms with Crippen molar-refractivity contribution in [3.63, 3.8) is 0 Å². The third-order valence-electron chi connectivity index (χ3n) is 3.70. The molecule has 0 saturated heterocycles. The molecule has 2 rings (SSSR count). The second-order valence-corrected chi connectivity index (χ2v) is 7.71. The minimum atomic E-state index is -0.199. The van der Waals surface area contributed by atoms with E-state index in [1.54, 1.807) is 25.3 Å². The molecule has 1 aromatic carbocycles. The summed E-state index contributed by atoms with van der Waals surface area (Å²) in [5.41, 5.74) is 2.43. The van der Waals surface area contributed by atoms with Gasteiger partial charge in [-0.2, -0.15) is 0 Å². The van der Waals surface area contributed by atoms with Crippen molar-refractivity contribution in [3.05, 3.63) is 44.4 Å². The highest BCUT2D eigenvalue weighted by Crippen LogP contribution is 2.27. The normalized spacial score (nSPS) is 10.8. The number of amides is 1. The second kappa shape index (κ2) is 8.01. The molecule has 1 N–H and O–H groups in total. The molecule has 132 valence electrons. The van der Waals surface area contributed by atoms with Gasteiger partial charge in [0, 0.05) is 27.8 Å². The number of benzene rings is 1. The molecule has 0 spiro atoms. The van der Waals surface area contributed by atoms with Crippen molar-refractivity contribution in [1.29, 1.82) is 0 Å². The van der Waals surface area contributed by atoms with E-state index >= 15 is 0 Å². The molecule has 0 unspecified atom stereocenters. The van der Waals surface area contributed by atoms with Crippen molar-refractivity contribution in [3.8, 4) is 0 Å². The molecule has 7 heteroatoms. The quantitative estimate of drug-likeness (QED) is 0.698. The Balaban J connectivity index is 2.24. The lowest BCUT2D eigenvalue weighted by molar-refractivity contribution is -0.118. The molecule has 0 aliphatic rings. The number of nitrogens with one attached hydrogen (secondary N) is 1. The number of aryl methyl sites for hydroxylation is 1. The molecule has 2 aromatic rings. The monoisotopic (exact) mass is 422 g/mol. The smallest absolute Gasteiger partial charge is 0.228 e. The molecule has 5 nitrogen and oxygen atoms in total. The molecule has 0 atom stereocenters. The second-order valence-electron chi connectivity index (χ2n) is 6.06. The summed E-state index contributed by atoms with van der Waals surface area (Å²) in [5.74, 6) is -0.597. The van der Waals surface area contributed by atoms with Gasteiger partial charge in [-0.15, -0.1) is 11.3 Å². The van der Waals surface area contributed by atoms with Gasteiger partial charge in [-0.3, -0.25) is 14.4 Å². The molecule has 1 amide bonds. The van der Waals surface area contributed by atoms with Gasteiger partial charge in [-0.05, 0) is 25.0 Å². The van der Waals surface area contributed by atoms with Crippen LogP contribution in [0.4, 0.5) is 5.13 Å². The van der Waals surface area contributed by atoms with Crippen molar-refractivity contribution in [2.75, 3.05) is 5.32 Å². The van der Waals surface area contributed by atoms with Crippen molar-refractivity contribution in [1.82, 2.24) is 4.98 Å². The predicted molar refractivity (Wildman–Crippen MR) is 102 cm³/mol. The molecule has 0 fully saturated rings. The van der Waals surface area contributed by atoms with E-state index in [1.165, 1.54) is 18.3 Å². The van der Waals surface area contributed by atoms with E-state index < -0.39 is 0 Å². The number of ketones is 2. The molecule has 1 aromatic heterocycles. The molecule has 0 radical (unpaired) electrons. The van der Waals surface area contributed by atoms with Gasteiger partial charge in [-0.25, -0.2) is 4.98 Å². The van der Waals surface area contributed by atoms with Crippen LogP contribution >= 0.6 is 27.3 Å². The summed E-state index contributed by atoms with van der Waals surface area (Å²) in [7, 11) is 0. The number of hydrogen-bond donors (Lipinski definition) is 1. The predicted octanol–water partition coefficient (Wildman–Crippen LogP) is 4.44. The number of anilines is 1. The third-order valence-corrected chi connectivity index (χ3v) is 5.56. The number of nitrogens with zero attached hydrogens (tertiary/aromatic N) is 1. The Labute approximate surface area is 159 Å². The number of aromatic nitrogens is 1. The van der Waals surface area contributed by atoms with Crippen LogP contribution in [0.5, 0.6) is 0 Å². The Bertz CT molecular complexity index is 843. The van der Waals surface area contributed by atoms with Gasteiger partial charge in [0.05, 0.1) is 0 Å². The highest BCUT2D eigenvalue weighted by molar-refractivity contribution is 9.10. The van der Waals surface area contributed by atoms with Crippen LogP contribution in [0.25, 0.3) is 0 Å². The van der Waals surface area contributed by atoms with Crippen molar-refractivity contribution in [2.45, 2.75) is 34.1 Å². The van der Waals surface area contributed by atoms with Crippen LogP contribution in [0.15, 0.2) is 22.0 Å². The van der Waals surface area contributed by atoms with Crippen LogP contribution in [0.2, 0.25) is 0 Å². The Morgan fingerprint density at radius 2 is 1.96 bits per heavy atom. The van der Waals surface area contributed by atoms with Crippen LogP contribution in [0.3, 0.4) is 0 Å². The zero-order chi connectivity index (χ0) is 18.7. The molecule has 0 aliphatic heterocycles. The first-order valence-corrected chi connectivity index (χ1v) is 9.46. The highest BCUT2D eigenvalue weighted by Gasteiger charge is 2.19. The van der Waals surface area contributed by atoms with Crippen LogP contribution in [0.1, 0.15) is 52.7 Å². The largest absolute Gasteiger partial charge is 0.302 e. The molecule has 0 bridgehead atoms. The Hall–Kier alpha value is -1.86. The van der Waals surface area contributed by atoms with Crippen molar-refractivity contribution < 1.29 is 14.4 Å². The minimum Gasteiger partial charge on any atom is -0.302 e. The molecule has 25 heavy (non-hydrogen) atoms. The van der Waals surface area contributed by atoms with Crippen molar-refractivity contribution in [2.24, 2.45) is 5.92 Å². The number of carbonyl (C=O) groups excluding carboxylic acids is 3. The average molecular weight is 423 g/mol. The lowest BCUT2D eigenvalue weighted by Gasteiger charge is -2.11. The summed E-state index contributed by atoms with van der Waals surface area (Å²) in [6.45, 7) is 6.96. The number of Topliss-reactive ketones (excluding diaryl/α,β-unsaturated/α-hetero) is 2. The number of carbonyl (C=O) groups is 3. The summed E-state index contributed by atoms with van der Waals surface area (Å²) in [6.07, 6.45) is 0.0679. The van der Waals surface area contributed by atoms with Gasteiger partial charge in [0.2, 0.25) is 5.91 Å². The van der Waals surface area contributed by atoms with Crippen molar-refractivity contribution >= 4 is 49.9 Å². The minimum absolute atomic E-state index is 0.0679. The Morgan fingerprint density at radius 1 is 1.28 bits per heavy atom. The SMILES string of the molecule is CC(=O)c1ccc(C)c(Br)c1CC(=O)c1csc(NC(=O)C(C)C)n1. The maximum atomic E-state index is 12.6. The van der Waals surface area contributed by atoms with E-state index in [1.807, 2.05) is 13.0 Å². The van der Waals surface area contributed by atoms with Crippen LogP contribution in [-0.2, 0) is 11.2 Å². The molecular formula is C18H19BrN2O3S. The zero-order valence-corrected chi connectivity index (χ0v) is 16.9. The van der Waals surface area contributed by atoms with E-state index in [2.05, 4.69) is 26.2 Å². The summed E-state index contributed by atoms with van der Waals surface area (Å²) < 4.78 is 0.761. The fourth-order valence-corrected chi connectivity index (χ4v) is 3.40. The summed E-state index contributed by atoms with van der Waals surface area (Å²) >= 11 is 4.68. The van der Waals surface area contributed by atoms with Gasteiger partial charge >= 0.3 is 0 Å². The maximum Gasteiger partial charge on any atom is 0.228 e. The lowest BCUT2D eigenvalue weighted by atomic mass is 9.97. The topological polar surface area (TPSA) is 76.1 Å². The molecule has 0 saturated carbocycles. The van der Waals surface area contributed by atoms with Gasteiger partial charge in [0.15, 0.2) is 16.7 Å². The molecule has 0 aliphatic carbocycles. The lowest BCUT2D eigenvalue weighted by Crippen LogP contribution is -2.17. The van der Waals surface area contributed by atoms with E-state index in [0.29, 0.717) is 16.3 Å². The standard InChI is InChI=1S/C18H19BrN2O3S/c1-9(2)17(24)21-18-20-14(8-25-18)15(23)7-13-12(11(4)22)6-5-10(3)16(13)19/h5-6,8-9H,7H2,1-4H3,(H,20,21,24). The molecule has 1 heterocycles. The summed E-state index contributed by atoms with van der Waals surface area (Å²) in [5, 5.41) is 4.70. The maximum absolute atomic E-state index is 12.6. The number of hydrogen-bond acceptors (Lipinski definition) is 5. The van der Waals surface area contributed by atoms with E-state index in [9.17, 15) is 14.4 Å². The molecular weight excluding hydrogens is 404 g/mol. The fraction of sp³-hybridized carbons (Fsp3) is 0.333. The fourth-order valence-electron chi connectivity index (χ4n) is 2.20. The third kappa shape index (κ3) is 4.61. The first-order chi connectivity index (χ1) is 11.7. The van der Waals surface area contributed by atoms with Crippen LogP contribution in [0, 0.1) is 12.8 Å². The van der Waals surface area contributed by atoms with Gasteiger partial charge < -0.3 is 5.32 Å².